The molecule has 0 bridgehead atoms. The Morgan fingerprint density at radius 2 is 0.935 bits per heavy atom. The van der Waals surface area contributed by atoms with Gasteiger partial charge in [-0.15, -0.1) is 0 Å². The lowest BCUT2D eigenvalue weighted by molar-refractivity contribution is -0.122. The van der Waals surface area contributed by atoms with Gasteiger partial charge in [0.05, 0.1) is 0 Å². The Labute approximate surface area is 192 Å². The molecule has 0 aromatic carbocycles. The van der Waals surface area contributed by atoms with E-state index in [9.17, 15) is 9.59 Å². The van der Waals surface area contributed by atoms with E-state index < -0.39 is 0 Å². The van der Waals surface area contributed by atoms with Crippen molar-refractivity contribution in [1.29, 1.82) is 0 Å². The summed E-state index contributed by atoms with van der Waals surface area (Å²) in [6.45, 7) is 19.6. The predicted octanol–water partition coefficient (Wildman–Crippen LogP) is 2.87. The van der Waals surface area contributed by atoms with Crippen molar-refractivity contribution in [3.8, 4) is 0 Å². The van der Waals surface area contributed by atoms with Crippen LogP contribution in [0.5, 0.6) is 0 Å². The van der Waals surface area contributed by atoms with E-state index in [-0.39, 0.29) is 11.8 Å². The number of hydrogen-bond acceptors (Lipinski definition) is 6. The van der Waals surface area contributed by atoms with Gasteiger partial charge in [0.2, 0.25) is 0 Å². The van der Waals surface area contributed by atoms with E-state index in [4.69, 9.17) is 0 Å². The first-order valence-electron chi connectivity index (χ1n) is 12.6. The van der Waals surface area contributed by atoms with Gasteiger partial charge in [-0.2, -0.15) is 0 Å². The van der Waals surface area contributed by atoms with Gasteiger partial charge in [0.25, 0.3) is 0 Å². The summed E-state index contributed by atoms with van der Waals surface area (Å²) in [7, 11) is 4.35. The van der Waals surface area contributed by atoms with Gasteiger partial charge in [0.15, 0.2) is 0 Å². The molecule has 2 saturated heterocycles. The summed E-state index contributed by atoms with van der Waals surface area (Å²) in [6.07, 6.45) is 4.78. The quantitative estimate of drug-likeness (QED) is 0.462. The number of hydrogen-bond donors (Lipinski definition) is 0. The molecule has 0 amide bonds. The molecule has 2 aliphatic rings. The van der Waals surface area contributed by atoms with Crippen molar-refractivity contribution in [1.82, 2.24) is 19.6 Å². The Hall–Kier alpha value is -0.820. The molecular weight excluding hydrogens is 388 g/mol. The number of nitrogens with zero attached hydrogens (tertiary/aromatic N) is 4. The summed E-state index contributed by atoms with van der Waals surface area (Å²) in [4.78, 5) is 32.5. The van der Waals surface area contributed by atoms with E-state index in [1.54, 1.807) is 0 Å². The standard InChI is InChI=1S/C13H26N2O.C12H24N2O/c1-12(2)13(16)6-4-5-7-15-10-8-14(3)9-11-15;1-11(2)12(15)5-4-6-14-9-7-13(3)8-10-14/h12H,4-11H2,1-3H3;11H,4-10H2,1-3H3. The number of ketones is 2. The summed E-state index contributed by atoms with van der Waals surface area (Å²) in [5.74, 6) is 1.24. The molecule has 0 radical (unpaired) electrons. The van der Waals surface area contributed by atoms with Crippen LogP contribution >= 0.6 is 0 Å². The van der Waals surface area contributed by atoms with E-state index in [1.807, 2.05) is 27.7 Å². The van der Waals surface area contributed by atoms with E-state index in [2.05, 4.69) is 33.7 Å². The van der Waals surface area contributed by atoms with Gasteiger partial charge in [0, 0.05) is 77.0 Å². The first-order chi connectivity index (χ1) is 14.7. The van der Waals surface area contributed by atoms with Crippen molar-refractivity contribution in [2.45, 2.75) is 59.8 Å². The SMILES string of the molecule is CC(C)C(=O)CCCCN1CCN(C)CC1.CC(C)C(=O)CCCN1CCN(C)CC1. The minimum atomic E-state index is 0.206. The average Bonchev–Trinajstić information content (AvgIpc) is 2.74. The molecule has 0 atom stereocenters. The molecule has 0 unspecified atom stereocenters. The van der Waals surface area contributed by atoms with E-state index >= 15 is 0 Å². The maximum Gasteiger partial charge on any atom is 0.135 e. The van der Waals surface area contributed by atoms with Crippen LogP contribution in [0, 0.1) is 11.8 Å². The van der Waals surface area contributed by atoms with Crippen molar-refractivity contribution in [2.24, 2.45) is 11.8 Å². The van der Waals surface area contributed by atoms with Crippen LogP contribution in [-0.2, 0) is 9.59 Å². The van der Waals surface area contributed by atoms with Gasteiger partial charge in [0.1, 0.15) is 11.6 Å². The van der Waals surface area contributed by atoms with Gasteiger partial charge in [-0.25, -0.2) is 0 Å². The second-order valence-corrected chi connectivity index (χ2v) is 10.1. The first-order valence-corrected chi connectivity index (χ1v) is 12.6. The largest absolute Gasteiger partial charge is 0.304 e. The number of carbonyl (C=O) groups excluding carboxylic acids is 2. The molecule has 0 saturated carbocycles. The second kappa shape index (κ2) is 15.9. The normalized spacial score (nSPS) is 19.5. The maximum absolute atomic E-state index is 11.4. The summed E-state index contributed by atoms with van der Waals surface area (Å²) < 4.78 is 0. The molecule has 0 aliphatic carbocycles. The Balaban J connectivity index is 0.000000311. The van der Waals surface area contributed by atoms with Crippen LogP contribution in [0.1, 0.15) is 59.8 Å². The molecule has 0 N–H and O–H groups in total. The lowest BCUT2D eigenvalue weighted by atomic mass is 10.0. The summed E-state index contributed by atoms with van der Waals surface area (Å²) in [5.41, 5.74) is 0. The van der Waals surface area contributed by atoms with Crippen molar-refractivity contribution in [3.05, 3.63) is 0 Å². The van der Waals surface area contributed by atoms with Gasteiger partial charge in [-0.1, -0.05) is 27.7 Å². The molecule has 6 heteroatoms. The van der Waals surface area contributed by atoms with Crippen LogP contribution in [0.25, 0.3) is 0 Å². The highest BCUT2D eigenvalue weighted by molar-refractivity contribution is 5.80. The van der Waals surface area contributed by atoms with Crippen molar-refractivity contribution in [2.75, 3.05) is 79.5 Å². The average molecular weight is 439 g/mol. The molecule has 2 rings (SSSR count). The number of likely N-dealkylation sites (N-methyl/N-ethyl adjacent to an activating group) is 2. The first kappa shape index (κ1) is 28.2. The molecule has 0 aromatic rings. The van der Waals surface area contributed by atoms with E-state index in [0.717, 1.165) is 58.4 Å². The van der Waals surface area contributed by atoms with Crippen molar-refractivity contribution in [3.63, 3.8) is 0 Å². The number of rotatable bonds is 11. The fraction of sp³-hybridized carbons (Fsp3) is 0.920. The third-order valence-electron chi connectivity index (χ3n) is 6.52. The van der Waals surface area contributed by atoms with Crippen LogP contribution in [0.3, 0.4) is 0 Å². The molecule has 6 nitrogen and oxygen atoms in total. The maximum atomic E-state index is 11.4. The number of Topliss-reactive ketones (excluding diaryl/α,β-unsaturated/α-hetero) is 2. The second-order valence-electron chi connectivity index (χ2n) is 10.1. The van der Waals surface area contributed by atoms with Crippen LogP contribution < -0.4 is 0 Å². The van der Waals surface area contributed by atoms with Crippen molar-refractivity contribution >= 4 is 11.6 Å². The summed E-state index contributed by atoms with van der Waals surface area (Å²) >= 11 is 0. The third kappa shape index (κ3) is 13.4. The molecule has 0 aromatic heterocycles. The minimum Gasteiger partial charge on any atom is -0.304 e. The van der Waals surface area contributed by atoms with Gasteiger partial charge in [-0.3, -0.25) is 9.59 Å². The lowest BCUT2D eigenvalue weighted by Gasteiger charge is -2.32. The number of unbranched alkanes of at least 4 members (excludes halogenated alkanes) is 1. The number of carbonyl (C=O) groups is 2. The Morgan fingerprint density at radius 1 is 0.581 bits per heavy atom. The highest BCUT2D eigenvalue weighted by atomic mass is 16.1. The van der Waals surface area contributed by atoms with Crippen LogP contribution in [0.2, 0.25) is 0 Å². The Morgan fingerprint density at radius 3 is 1.32 bits per heavy atom. The fourth-order valence-corrected chi connectivity index (χ4v) is 3.83. The molecule has 2 aliphatic heterocycles. The van der Waals surface area contributed by atoms with Crippen LogP contribution in [0.4, 0.5) is 0 Å². The highest BCUT2D eigenvalue weighted by Gasteiger charge is 2.15. The van der Waals surface area contributed by atoms with E-state index in [0.29, 0.717) is 11.6 Å². The summed E-state index contributed by atoms with van der Waals surface area (Å²) in [5, 5.41) is 0. The molecule has 2 fully saturated rings. The predicted molar refractivity (Wildman–Crippen MR) is 131 cm³/mol. The molecule has 0 spiro atoms. The summed E-state index contributed by atoms with van der Waals surface area (Å²) in [6, 6.07) is 0. The Kier molecular flexibility index (Phi) is 14.5. The zero-order valence-electron chi connectivity index (χ0n) is 21.4. The monoisotopic (exact) mass is 438 g/mol. The van der Waals surface area contributed by atoms with E-state index in [1.165, 1.54) is 39.1 Å². The molecule has 2 heterocycles. The zero-order chi connectivity index (χ0) is 23.2. The van der Waals surface area contributed by atoms with Crippen LogP contribution in [0.15, 0.2) is 0 Å². The topological polar surface area (TPSA) is 47.1 Å². The van der Waals surface area contributed by atoms with Crippen LogP contribution in [-0.4, -0.2) is 111 Å². The highest BCUT2D eigenvalue weighted by Crippen LogP contribution is 2.07. The minimum absolute atomic E-state index is 0.206. The van der Waals surface area contributed by atoms with Crippen molar-refractivity contribution < 1.29 is 9.59 Å². The molecule has 31 heavy (non-hydrogen) atoms. The zero-order valence-corrected chi connectivity index (χ0v) is 21.4. The lowest BCUT2D eigenvalue weighted by Crippen LogP contribution is -2.44. The molecule has 182 valence electrons. The Bertz CT molecular complexity index is 494. The van der Waals surface area contributed by atoms with Gasteiger partial charge >= 0.3 is 0 Å². The fourth-order valence-electron chi connectivity index (χ4n) is 3.83. The third-order valence-corrected chi connectivity index (χ3v) is 6.52. The molecular formula is C25H50N4O2. The number of piperazine rings is 2. The van der Waals surface area contributed by atoms with Gasteiger partial charge < -0.3 is 19.6 Å². The van der Waals surface area contributed by atoms with Gasteiger partial charge in [-0.05, 0) is 46.4 Å². The smallest absolute Gasteiger partial charge is 0.135 e.